The van der Waals surface area contributed by atoms with Gasteiger partial charge in [-0.25, -0.2) is 0 Å². The van der Waals surface area contributed by atoms with Crippen molar-refractivity contribution in [3.63, 3.8) is 0 Å². The maximum Gasteiger partial charge on any atom is 0.0789 e. The van der Waals surface area contributed by atoms with Crippen LogP contribution in [0.15, 0.2) is 30.3 Å². The van der Waals surface area contributed by atoms with Crippen LogP contribution in [0.1, 0.15) is 58.8 Å². The molecule has 4 heteroatoms. The molecule has 0 radical (unpaired) electrons. The smallest absolute Gasteiger partial charge is 0.0789 e. The summed E-state index contributed by atoms with van der Waals surface area (Å²) in [5.41, 5.74) is 1.25. The van der Waals surface area contributed by atoms with Gasteiger partial charge < -0.3 is 14.9 Å². The van der Waals surface area contributed by atoms with Crippen LogP contribution in [0.2, 0.25) is 0 Å². The number of aliphatic hydroxyl groups is 1. The third-order valence-corrected chi connectivity index (χ3v) is 7.72. The van der Waals surface area contributed by atoms with Crippen LogP contribution in [-0.4, -0.2) is 47.3 Å². The molecule has 0 bridgehead atoms. The lowest BCUT2D eigenvalue weighted by molar-refractivity contribution is 0.0290. The number of nitrogens with zero attached hydrogens (tertiary/aromatic N) is 2. The zero-order chi connectivity index (χ0) is 18.1. The van der Waals surface area contributed by atoms with E-state index >= 15 is 0 Å². The lowest BCUT2D eigenvalue weighted by Crippen LogP contribution is -2.59. The van der Waals surface area contributed by atoms with Gasteiger partial charge in [0.1, 0.15) is 0 Å². The topological polar surface area (TPSA) is 26.7 Å². The first-order chi connectivity index (χ1) is 12.6. The summed E-state index contributed by atoms with van der Waals surface area (Å²) in [6.45, 7) is 8.06. The van der Waals surface area contributed by atoms with Gasteiger partial charge >= 0.3 is 0 Å². The molecule has 1 unspecified atom stereocenters. The van der Waals surface area contributed by atoms with Crippen LogP contribution in [0.5, 0.6) is 0 Å². The second-order valence-electron chi connectivity index (χ2n) is 9.24. The van der Waals surface area contributed by atoms with E-state index in [1.165, 1.54) is 31.4 Å². The Morgan fingerprint density at radius 1 is 0.926 bits per heavy atom. The number of anilines is 1. The second kappa shape index (κ2) is 8.71. The van der Waals surface area contributed by atoms with Crippen LogP contribution >= 0.6 is 12.4 Å². The molecule has 1 atom stereocenters. The van der Waals surface area contributed by atoms with Crippen molar-refractivity contribution >= 4 is 18.1 Å². The third-order valence-electron chi connectivity index (χ3n) is 7.72. The van der Waals surface area contributed by atoms with Crippen LogP contribution in [0.3, 0.4) is 0 Å². The summed E-state index contributed by atoms with van der Waals surface area (Å²) in [4.78, 5) is 5.26. The van der Waals surface area contributed by atoms with Gasteiger partial charge in [-0.15, -0.1) is 12.4 Å². The van der Waals surface area contributed by atoms with Gasteiger partial charge in [0.2, 0.25) is 0 Å². The van der Waals surface area contributed by atoms with Gasteiger partial charge in [-0.2, -0.15) is 0 Å². The molecule has 3 fully saturated rings. The first-order valence-electron chi connectivity index (χ1n) is 10.8. The number of hydrogen-bond acceptors (Lipinski definition) is 3. The molecule has 1 aromatic carbocycles. The van der Waals surface area contributed by atoms with Gasteiger partial charge in [0.15, 0.2) is 0 Å². The van der Waals surface area contributed by atoms with Gasteiger partial charge in [-0.1, -0.05) is 32.0 Å². The number of piperidine rings is 1. The number of para-hydroxylation sites is 1. The fourth-order valence-corrected chi connectivity index (χ4v) is 5.93. The van der Waals surface area contributed by atoms with Crippen molar-refractivity contribution in [2.24, 2.45) is 11.8 Å². The summed E-state index contributed by atoms with van der Waals surface area (Å²) in [5.74, 6) is 1.78. The Kier molecular flexibility index (Phi) is 6.76. The van der Waals surface area contributed by atoms with E-state index in [-0.39, 0.29) is 24.0 Å². The van der Waals surface area contributed by atoms with Gasteiger partial charge in [0.25, 0.3) is 0 Å². The molecule has 2 heterocycles. The molecule has 0 aromatic heterocycles. The van der Waals surface area contributed by atoms with E-state index in [0.29, 0.717) is 0 Å². The maximum atomic E-state index is 10.9. The molecule has 3 nitrogen and oxygen atoms in total. The van der Waals surface area contributed by atoms with Crippen molar-refractivity contribution in [1.82, 2.24) is 4.90 Å². The van der Waals surface area contributed by atoms with E-state index in [9.17, 15) is 5.11 Å². The normalized spacial score (nSPS) is 31.3. The van der Waals surface area contributed by atoms with E-state index in [1.807, 2.05) is 0 Å². The first-order valence-corrected chi connectivity index (χ1v) is 10.8. The van der Waals surface area contributed by atoms with Crippen LogP contribution < -0.4 is 4.90 Å². The first kappa shape index (κ1) is 21.0. The number of benzene rings is 1. The third kappa shape index (κ3) is 4.02. The lowest BCUT2D eigenvalue weighted by Gasteiger charge is -2.50. The predicted molar refractivity (Wildman–Crippen MR) is 116 cm³/mol. The molecular formula is C23H37ClN2O. The SMILES string of the molecule is CC(C)C1CCC(N2CCC3(CC2)C(O)CCN3c2ccccc2)CC1.Cl. The van der Waals surface area contributed by atoms with Crippen molar-refractivity contribution in [2.75, 3.05) is 24.5 Å². The van der Waals surface area contributed by atoms with Gasteiger partial charge in [0.05, 0.1) is 11.6 Å². The van der Waals surface area contributed by atoms with Crippen molar-refractivity contribution in [3.05, 3.63) is 30.3 Å². The zero-order valence-corrected chi connectivity index (χ0v) is 17.8. The van der Waals surface area contributed by atoms with Crippen molar-refractivity contribution in [3.8, 4) is 0 Å². The molecule has 2 aliphatic heterocycles. The molecule has 1 N–H and O–H groups in total. The quantitative estimate of drug-likeness (QED) is 0.805. The minimum absolute atomic E-state index is 0. The van der Waals surface area contributed by atoms with Crippen LogP contribution in [0.25, 0.3) is 0 Å². The number of hydrogen-bond donors (Lipinski definition) is 1. The van der Waals surface area contributed by atoms with E-state index in [1.54, 1.807) is 0 Å². The molecule has 1 aliphatic carbocycles. The minimum atomic E-state index is -0.179. The molecule has 27 heavy (non-hydrogen) atoms. The van der Waals surface area contributed by atoms with Crippen LogP contribution in [-0.2, 0) is 0 Å². The van der Waals surface area contributed by atoms with Gasteiger partial charge in [0, 0.05) is 31.4 Å². The monoisotopic (exact) mass is 392 g/mol. The fourth-order valence-electron chi connectivity index (χ4n) is 5.93. The largest absolute Gasteiger partial charge is 0.391 e. The summed E-state index contributed by atoms with van der Waals surface area (Å²) in [7, 11) is 0. The standard InChI is InChI=1S/C23H36N2O.ClH/c1-18(2)19-8-10-20(11-9-19)24-16-13-23(14-17-24)22(26)12-15-25(23)21-6-4-3-5-7-21;/h3-7,18-20,22,26H,8-17H2,1-2H3;1H. The molecular weight excluding hydrogens is 356 g/mol. The van der Waals surface area contributed by atoms with Crippen molar-refractivity contribution in [2.45, 2.75) is 76.5 Å². The van der Waals surface area contributed by atoms with Crippen molar-refractivity contribution in [1.29, 1.82) is 0 Å². The second-order valence-corrected chi connectivity index (χ2v) is 9.24. The molecule has 1 spiro atoms. The summed E-state index contributed by atoms with van der Waals surface area (Å²) in [6.07, 6.45) is 8.50. The molecule has 152 valence electrons. The highest BCUT2D eigenvalue weighted by molar-refractivity contribution is 5.85. The minimum Gasteiger partial charge on any atom is -0.391 e. The molecule has 1 aromatic rings. The predicted octanol–water partition coefficient (Wildman–Crippen LogP) is 4.73. The Labute approximate surface area is 171 Å². The van der Waals surface area contributed by atoms with Gasteiger partial charge in [-0.05, 0) is 68.9 Å². The number of halogens is 1. The molecule has 3 aliphatic rings. The number of likely N-dealkylation sites (tertiary alicyclic amines) is 1. The molecule has 2 saturated heterocycles. The average Bonchev–Trinajstić information content (AvgIpc) is 2.99. The molecule has 4 rings (SSSR count). The van der Waals surface area contributed by atoms with Crippen molar-refractivity contribution < 1.29 is 5.11 Å². The summed E-state index contributed by atoms with van der Waals surface area (Å²) in [6, 6.07) is 11.5. The Balaban J connectivity index is 0.00000210. The molecule has 1 saturated carbocycles. The summed E-state index contributed by atoms with van der Waals surface area (Å²) < 4.78 is 0. The van der Waals surface area contributed by atoms with E-state index < -0.39 is 0 Å². The highest BCUT2D eigenvalue weighted by Crippen LogP contribution is 2.43. The van der Waals surface area contributed by atoms with E-state index in [4.69, 9.17) is 0 Å². The average molecular weight is 393 g/mol. The Bertz CT molecular complexity index is 577. The Morgan fingerprint density at radius 2 is 1.56 bits per heavy atom. The Morgan fingerprint density at radius 3 is 2.15 bits per heavy atom. The zero-order valence-electron chi connectivity index (χ0n) is 17.0. The lowest BCUT2D eigenvalue weighted by atomic mass is 9.77. The number of rotatable bonds is 3. The fraction of sp³-hybridized carbons (Fsp3) is 0.739. The van der Waals surface area contributed by atoms with Crippen LogP contribution in [0, 0.1) is 11.8 Å². The van der Waals surface area contributed by atoms with E-state index in [2.05, 4.69) is 54.0 Å². The maximum absolute atomic E-state index is 10.9. The highest BCUT2D eigenvalue weighted by Gasteiger charge is 2.50. The van der Waals surface area contributed by atoms with E-state index in [0.717, 1.165) is 56.8 Å². The van der Waals surface area contributed by atoms with Crippen LogP contribution in [0.4, 0.5) is 5.69 Å². The molecule has 0 amide bonds. The van der Waals surface area contributed by atoms with Gasteiger partial charge in [-0.3, -0.25) is 0 Å². The highest BCUT2D eigenvalue weighted by atomic mass is 35.5. The summed E-state index contributed by atoms with van der Waals surface area (Å²) in [5, 5.41) is 10.9. The number of aliphatic hydroxyl groups excluding tert-OH is 1. The summed E-state index contributed by atoms with van der Waals surface area (Å²) >= 11 is 0. The Hall–Kier alpha value is -0.770.